The summed E-state index contributed by atoms with van der Waals surface area (Å²) in [6, 6.07) is 13.9. The van der Waals surface area contributed by atoms with Gasteiger partial charge < -0.3 is 14.9 Å². The Morgan fingerprint density at radius 3 is 2.70 bits per heavy atom. The third-order valence-corrected chi connectivity index (χ3v) is 4.09. The number of aromatic nitrogens is 2. The molecule has 0 saturated carbocycles. The lowest BCUT2D eigenvalue weighted by Gasteiger charge is -2.03. The van der Waals surface area contributed by atoms with Crippen LogP contribution in [0.4, 0.5) is 0 Å². The topological polar surface area (TPSA) is 52.5 Å². The summed E-state index contributed by atoms with van der Waals surface area (Å²) in [5.74, 6) is 0.850. The van der Waals surface area contributed by atoms with Crippen molar-refractivity contribution in [1.82, 2.24) is 9.38 Å². The van der Waals surface area contributed by atoms with Crippen LogP contribution in [0.2, 0.25) is 0 Å². The second-order valence-electron chi connectivity index (χ2n) is 4.27. The van der Waals surface area contributed by atoms with Gasteiger partial charge in [-0.3, -0.25) is 0 Å². The molecule has 3 aromatic rings. The van der Waals surface area contributed by atoms with Crippen molar-refractivity contribution in [3.8, 4) is 5.75 Å². The number of benzene rings is 1. The Balaban J connectivity index is 1.96. The molecule has 5 heteroatoms. The summed E-state index contributed by atoms with van der Waals surface area (Å²) >= 11 is 1.62. The number of pyridine rings is 1. The molecule has 0 spiro atoms. The molecule has 0 unspecified atom stereocenters. The van der Waals surface area contributed by atoms with Crippen LogP contribution in [0.3, 0.4) is 0 Å². The van der Waals surface area contributed by atoms with Gasteiger partial charge in [0.1, 0.15) is 16.4 Å². The highest BCUT2D eigenvalue weighted by atomic mass is 32.2. The molecule has 0 saturated heterocycles. The number of methoxy groups -OCH3 is 1. The van der Waals surface area contributed by atoms with E-state index >= 15 is 0 Å². The molecule has 0 atom stereocenters. The molecule has 0 fully saturated rings. The average molecular weight is 285 g/mol. The fourth-order valence-corrected chi connectivity index (χ4v) is 2.98. The van der Waals surface area contributed by atoms with E-state index in [9.17, 15) is 0 Å². The Morgan fingerprint density at radius 2 is 2.00 bits per heavy atom. The van der Waals surface area contributed by atoms with E-state index in [-0.39, 0.29) is 0 Å². The quantitative estimate of drug-likeness (QED) is 0.800. The van der Waals surface area contributed by atoms with Crippen LogP contribution in [-0.2, 0) is 6.54 Å². The van der Waals surface area contributed by atoms with Gasteiger partial charge in [-0.25, -0.2) is 4.98 Å². The van der Waals surface area contributed by atoms with Crippen molar-refractivity contribution in [2.75, 3.05) is 7.11 Å². The van der Waals surface area contributed by atoms with Crippen LogP contribution in [0.1, 0.15) is 5.69 Å². The third kappa shape index (κ3) is 2.37. The third-order valence-electron chi connectivity index (χ3n) is 3.06. The number of nitrogens with zero attached hydrogens (tertiary/aromatic N) is 2. The lowest BCUT2D eigenvalue weighted by molar-refractivity contribution is 0.414. The van der Waals surface area contributed by atoms with Gasteiger partial charge in [-0.05, 0) is 36.4 Å². The molecular formula is C15H15N3OS. The van der Waals surface area contributed by atoms with Crippen LogP contribution >= 0.6 is 11.8 Å². The first-order valence-electron chi connectivity index (χ1n) is 6.30. The molecule has 0 aliphatic carbocycles. The van der Waals surface area contributed by atoms with Crippen LogP contribution in [0.15, 0.2) is 58.6 Å². The number of ether oxygens (including phenoxy) is 1. The van der Waals surface area contributed by atoms with E-state index < -0.39 is 0 Å². The van der Waals surface area contributed by atoms with Crippen molar-refractivity contribution in [3.63, 3.8) is 0 Å². The number of rotatable bonds is 4. The molecule has 0 aliphatic heterocycles. The van der Waals surface area contributed by atoms with E-state index in [4.69, 9.17) is 10.5 Å². The van der Waals surface area contributed by atoms with E-state index in [2.05, 4.69) is 4.98 Å². The largest absolute Gasteiger partial charge is 0.497 e. The van der Waals surface area contributed by atoms with Crippen molar-refractivity contribution in [2.24, 2.45) is 5.73 Å². The maximum atomic E-state index is 5.87. The summed E-state index contributed by atoms with van der Waals surface area (Å²) in [4.78, 5) is 5.75. The highest BCUT2D eigenvalue weighted by Gasteiger charge is 2.11. The first-order chi connectivity index (χ1) is 9.81. The molecule has 4 nitrogen and oxygen atoms in total. The Bertz CT molecular complexity index is 722. The maximum Gasteiger partial charge on any atom is 0.138 e. The van der Waals surface area contributed by atoms with Crippen LogP contribution in [0.25, 0.3) is 5.65 Å². The normalized spacial score (nSPS) is 10.9. The average Bonchev–Trinajstić information content (AvgIpc) is 2.85. The van der Waals surface area contributed by atoms with E-state index in [1.807, 2.05) is 53.1 Å². The monoisotopic (exact) mass is 285 g/mol. The SMILES string of the molecule is COc1ccc(Sc2nc3ccccn3c2CN)cc1. The smallest absolute Gasteiger partial charge is 0.138 e. The Morgan fingerprint density at radius 1 is 1.20 bits per heavy atom. The van der Waals surface area contributed by atoms with Gasteiger partial charge >= 0.3 is 0 Å². The summed E-state index contributed by atoms with van der Waals surface area (Å²) < 4.78 is 7.20. The number of hydrogen-bond acceptors (Lipinski definition) is 4. The predicted molar refractivity (Wildman–Crippen MR) is 80.2 cm³/mol. The molecular weight excluding hydrogens is 270 g/mol. The second-order valence-corrected chi connectivity index (χ2v) is 5.34. The lowest BCUT2D eigenvalue weighted by atomic mass is 10.3. The highest BCUT2D eigenvalue weighted by molar-refractivity contribution is 7.99. The molecule has 2 heterocycles. The van der Waals surface area contributed by atoms with Crippen molar-refractivity contribution in [3.05, 3.63) is 54.4 Å². The molecule has 1 aromatic carbocycles. The molecule has 0 aliphatic rings. The van der Waals surface area contributed by atoms with Crippen molar-refractivity contribution in [1.29, 1.82) is 0 Å². The van der Waals surface area contributed by atoms with Gasteiger partial charge in [0.05, 0.1) is 12.8 Å². The second kappa shape index (κ2) is 5.56. The molecule has 20 heavy (non-hydrogen) atoms. The van der Waals surface area contributed by atoms with Crippen LogP contribution in [0, 0.1) is 0 Å². The minimum atomic E-state index is 0.462. The zero-order valence-corrected chi connectivity index (χ0v) is 11.9. The molecule has 102 valence electrons. The Labute approximate surface area is 121 Å². The molecule has 3 rings (SSSR count). The van der Waals surface area contributed by atoms with Crippen LogP contribution in [0.5, 0.6) is 5.75 Å². The Hall–Kier alpha value is -1.98. The van der Waals surface area contributed by atoms with Crippen molar-refractivity contribution < 1.29 is 4.74 Å². The molecule has 0 radical (unpaired) electrons. The number of fused-ring (bicyclic) bond motifs is 1. The molecule has 2 N–H and O–H groups in total. The first kappa shape index (κ1) is 13.0. The van der Waals surface area contributed by atoms with E-state index in [1.54, 1.807) is 18.9 Å². The minimum Gasteiger partial charge on any atom is -0.497 e. The van der Waals surface area contributed by atoms with Crippen molar-refractivity contribution in [2.45, 2.75) is 16.5 Å². The lowest BCUT2D eigenvalue weighted by Crippen LogP contribution is -2.01. The number of imidazole rings is 1. The van der Waals surface area contributed by atoms with E-state index in [0.717, 1.165) is 27.0 Å². The molecule has 0 amide bonds. The minimum absolute atomic E-state index is 0.462. The fraction of sp³-hybridized carbons (Fsp3) is 0.133. The zero-order chi connectivity index (χ0) is 13.9. The summed E-state index contributed by atoms with van der Waals surface area (Å²) in [6.45, 7) is 0.462. The van der Waals surface area contributed by atoms with Gasteiger partial charge in [0.15, 0.2) is 0 Å². The number of hydrogen-bond donors (Lipinski definition) is 1. The van der Waals surface area contributed by atoms with Crippen molar-refractivity contribution >= 4 is 17.4 Å². The molecule has 0 bridgehead atoms. The number of nitrogens with two attached hydrogens (primary N) is 1. The molecule has 2 aromatic heterocycles. The first-order valence-corrected chi connectivity index (χ1v) is 7.11. The Kier molecular flexibility index (Phi) is 3.62. The fourth-order valence-electron chi connectivity index (χ4n) is 2.05. The van der Waals surface area contributed by atoms with E-state index in [0.29, 0.717) is 6.54 Å². The van der Waals surface area contributed by atoms with Crippen LogP contribution < -0.4 is 10.5 Å². The van der Waals surface area contributed by atoms with Gasteiger partial charge in [-0.2, -0.15) is 0 Å². The van der Waals surface area contributed by atoms with Gasteiger partial charge in [-0.15, -0.1) is 0 Å². The van der Waals surface area contributed by atoms with Gasteiger partial charge in [0.25, 0.3) is 0 Å². The van der Waals surface area contributed by atoms with Crippen LogP contribution in [-0.4, -0.2) is 16.5 Å². The van der Waals surface area contributed by atoms with Gasteiger partial charge in [0, 0.05) is 17.6 Å². The van der Waals surface area contributed by atoms with Gasteiger partial charge in [0.2, 0.25) is 0 Å². The maximum absolute atomic E-state index is 5.87. The van der Waals surface area contributed by atoms with Gasteiger partial charge in [-0.1, -0.05) is 17.8 Å². The summed E-state index contributed by atoms with van der Waals surface area (Å²) in [6.07, 6.45) is 1.99. The summed E-state index contributed by atoms with van der Waals surface area (Å²) in [7, 11) is 1.66. The summed E-state index contributed by atoms with van der Waals surface area (Å²) in [5.41, 5.74) is 7.82. The zero-order valence-electron chi connectivity index (χ0n) is 11.1. The predicted octanol–water partition coefficient (Wildman–Crippen LogP) is 2.95. The highest BCUT2D eigenvalue weighted by Crippen LogP contribution is 2.31. The van der Waals surface area contributed by atoms with E-state index in [1.165, 1.54) is 0 Å². The summed E-state index contributed by atoms with van der Waals surface area (Å²) in [5, 5.41) is 0.948. The standard InChI is InChI=1S/C15H15N3OS/c1-19-11-5-7-12(8-6-11)20-15-13(10-16)18-9-3-2-4-14(18)17-15/h2-9H,10,16H2,1H3.